The van der Waals surface area contributed by atoms with E-state index in [4.69, 9.17) is 4.74 Å². The molecule has 1 aliphatic heterocycles. The van der Waals surface area contributed by atoms with Gasteiger partial charge in [0.2, 0.25) is 0 Å². The van der Waals surface area contributed by atoms with Gasteiger partial charge in [0.15, 0.2) is 6.10 Å². The lowest BCUT2D eigenvalue weighted by Gasteiger charge is -2.17. The molecule has 0 bridgehead atoms. The number of rotatable bonds is 6. The van der Waals surface area contributed by atoms with E-state index in [1.165, 1.54) is 4.90 Å². The van der Waals surface area contributed by atoms with Gasteiger partial charge in [-0.05, 0) is 61.4 Å². The van der Waals surface area contributed by atoms with E-state index in [0.717, 1.165) is 22.9 Å². The number of aryl methyl sites for hydroxylation is 1. The van der Waals surface area contributed by atoms with Gasteiger partial charge in [-0.2, -0.15) is 0 Å². The molecule has 6 nitrogen and oxygen atoms in total. The average Bonchev–Trinajstić information content (AvgIpc) is 2.96. The van der Waals surface area contributed by atoms with Crippen molar-refractivity contribution < 1.29 is 24.2 Å². The molecule has 2 amide bonds. The minimum atomic E-state index is -1.06. The van der Waals surface area contributed by atoms with Crippen molar-refractivity contribution in [3.05, 3.63) is 64.1 Å². The molecule has 1 atom stereocenters. The fourth-order valence-electron chi connectivity index (χ4n) is 2.96. The van der Waals surface area contributed by atoms with Crippen LogP contribution in [-0.2, 0) is 9.59 Å². The summed E-state index contributed by atoms with van der Waals surface area (Å²) in [7, 11) is 0. The second-order valence-electron chi connectivity index (χ2n) is 6.63. The van der Waals surface area contributed by atoms with Crippen LogP contribution in [0.5, 0.6) is 5.75 Å². The Morgan fingerprint density at radius 2 is 1.90 bits per heavy atom. The number of para-hydroxylation sites is 1. The van der Waals surface area contributed by atoms with Crippen molar-refractivity contribution in [3.63, 3.8) is 0 Å². The van der Waals surface area contributed by atoms with Crippen LogP contribution >= 0.6 is 11.8 Å². The fraction of sp³-hybridized carbons (Fsp3) is 0.227. The molecule has 0 aromatic heterocycles. The number of nitrogens with zero attached hydrogens (tertiary/aromatic N) is 1. The van der Waals surface area contributed by atoms with Gasteiger partial charge in [-0.25, -0.2) is 9.69 Å². The molecule has 0 saturated carbocycles. The highest BCUT2D eigenvalue weighted by Crippen LogP contribution is 2.38. The molecule has 2 aromatic rings. The van der Waals surface area contributed by atoms with Crippen molar-refractivity contribution in [2.75, 3.05) is 4.90 Å². The summed E-state index contributed by atoms with van der Waals surface area (Å²) in [4.78, 5) is 38.3. The number of amides is 2. The Bertz CT molecular complexity index is 1010. The number of thioether (sulfide) groups is 1. The monoisotopic (exact) mass is 411 g/mol. The Hall–Kier alpha value is -3.06. The van der Waals surface area contributed by atoms with Crippen molar-refractivity contribution >= 4 is 40.6 Å². The smallest absolute Gasteiger partial charge is 0.344 e. The number of carboxylic acid groups (broad SMARTS) is 1. The van der Waals surface area contributed by atoms with Gasteiger partial charge >= 0.3 is 5.97 Å². The van der Waals surface area contributed by atoms with E-state index in [9.17, 15) is 19.5 Å². The summed E-state index contributed by atoms with van der Waals surface area (Å²) < 4.78 is 5.61. The highest BCUT2D eigenvalue weighted by atomic mass is 32.2. The molecule has 0 aliphatic carbocycles. The van der Waals surface area contributed by atoms with E-state index in [-0.39, 0.29) is 10.1 Å². The summed E-state index contributed by atoms with van der Waals surface area (Å²) in [5.74, 6) is -1.12. The summed E-state index contributed by atoms with van der Waals surface area (Å²) in [5, 5.41) is 8.88. The number of hydrogen-bond acceptors (Lipinski definition) is 5. The Balaban J connectivity index is 1.95. The zero-order valence-corrected chi connectivity index (χ0v) is 17.2. The van der Waals surface area contributed by atoms with Crippen molar-refractivity contribution in [1.82, 2.24) is 0 Å². The Morgan fingerprint density at radius 3 is 2.59 bits per heavy atom. The van der Waals surface area contributed by atoms with Gasteiger partial charge in [-0.15, -0.1) is 0 Å². The van der Waals surface area contributed by atoms with Gasteiger partial charge < -0.3 is 9.84 Å². The van der Waals surface area contributed by atoms with Crippen LogP contribution in [0.4, 0.5) is 10.5 Å². The van der Waals surface area contributed by atoms with Crippen LogP contribution in [0.1, 0.15) is 30.0 Å². The molecule has 1 aliphatic rings. The molecule has 0 radical (unpaired) electrons. The first kappa shape index (κ1) is 20.7. The third kappa shape index (κ3) is 4.19. The molecule has 1 fully saturated rings. The maximum atomic E-state index is 13.0. The first-order chi connectivity index (χ1) is 13.8. The van der Waals surface area contributed by atoms with E-state index >= 15 is 0 Å². The van der Waals surface area contributed by atoms with Gasteiger partial charge in [0.05, 0.1) is 10.6 Å². The molecule has 3 rings (SSSR count). The maximum absolute atomic E-state index is 13.0. The van der Waals surface area contributed by atoms with E-state index < -0.39 is 18.0 Å². The number of hydrogen-bond donors (Lipinski definition) is 1. The number of benzene rings is 2. The van der Waals surface area contributed by atoms with Gasteiger partial charge in [0.25, 0.3) is 11.1 Å². The van der Waals surface area contributed by atoms with Crippen LogP contribution in [0, 0.1) is 13.8 Å². The maximum Gasteiger partial charge on any atom is 0.344 e. The Labute approximate surface area is 173 Å². The predicted octanol–water partition coefficient (Wildman–Crippen LogP) is 4.79. The largest absolute Gasteiger partial charge is 0.479 e. The molecule has 1 heterocycles. The molecule has 7 heteroatoms. The first-order valence-electron chi connectivity index (χ1n) is 9.16. The van der Waals surface area contributed by atoms with Crippen molar-refractivity contribution in [3.8, 4) is 5.75 Å². The lowest BCUT2D eigenvalue weighted by molar-refractivity contribution is -0.145. The molecule has 1 N–H and O–H groups in total. The highest BCUT2D eigenvalue weighted by Gasteiger charge is 2.37. The molecule has 2 aromatic carbocycles. The van der Waals surface area contributed by atoms with Crippen molar-refractivity contribution in [2.45, 2.75) is 33.3 Å². The Kier molecular flexibility index (Phi) is 6.08. The third-order valence-corrected chi connectivity index (χ3v) is 5.60. The zero-order valence-electron chi connectivity index (χ0n) is 16.3. The van der Waals surface area contributed by atoms with E-state index in [2.05, 4.69) is 0 Å². The molecule has 1 unspecified atom stereocenters. The van der Waals surface area contributed by atoms with E-state index in [1.807, 2.05) is 26.0 Å². The summed E-state index contributed by atoms with van der Waals surface area (Å²) >= 11 is 0.852. The second kappa shape index (κ2) is 8.53. The molecule has 1 saturated heterocycles. The minimum Gasteiger partial charge on any atom is -0.479 e. The predicted molar refractivity (Wildman–Crippen MR) is 113 cm³/mol. The third-order valence-electron chi connectivity index (χ3n) is 4.73. The van der Waals surface area contributed by atoms with Gasteiger partial charge in [-0.1, -0.05) is 37.3 Å². The van der Waals surface area contributed by atoms with Crippen LogP contribution in [0.25, 0.3) is 6.08 Å². The number of ether oxygens (including phenoxy) is 1. The lowest BCUT2D eigenvalue weighted by Crippen LogP contribution is -2.28. The van der Waals surface area contributed by atoms with Crippen LogP contribution in [0.2, 0.25) is 0 Å². The van der Waals surface area contributed by atoms with Gasteiger partial charge in [0.1, 0.15) is 5.75 Å². The summed E-state index contributed by atoms with van der Waals surface area (Å²) in [5.41, 5.74) is 2.96. The number of carbonyl (C=O) groups is 3. The highest BCUT2D eigenvalue weighted by molar-refractivity contribution is 8.19. The van der Waals surface area contributed by atoms with Crippen molar-refractivity contribution in [2.24, 2.45) is 0 Å². The number of carbonyl (C=O) groups excluding carboxylic acids is 2. The first-order valence-corrected chi connectivity index (χ1v) is 9.97. The number of aliphatic carboxylic acids is 1. The lowest BCUT2D eigenvalue weighted by atomic mass is 10.1. The topological polar surface area (TPSA) is 83.9 Å². The van der Waals surface area contributed by atoms with E-state index in [1.54, 1.807) is 43.3 Å². The second-order valence-corrected chi connectivity index (χ2v) is 7.62. The van der Waals surface area contributed by atoms with Gasteiger partial charge in [0, 0.05) is 5.56 Å². The molecule has 150 valence electrons. The SMILES string of the molecule is CCC(Oc1ccccc1/C=C1/SC(=O)N(c2cccc(C)c2C)C1=O)C(=O)O. The standard InChI is InChI=1S/C22H21NO5S/c1-4-17(21(25)26)28-18-11-6-5-9-15(18)12-19-20(24)23(22(27)29-19)16-10-7-8-13(2)14(16)3/h5-12,17H,4H2,1-3H3,(H,25,26)/b19-12+. The normalized spacial score (nSPS) is 16.4. The van der Waals surface area contributed by atoms with Crippen LogP contribution in [0.3, 0.4) is 0 Å². The minimum absolute atomic E-state index is 0.260. The number of anilines is 1. The fourth-order valence-corrected chi connectivity index (χ4v) is 3.79. The molecule has 0 spiro atoms. The van der Waals surface area contributed by atoms with Crippen molar-refractivity contribution in [1.29, 1.82) is 0 Å². The molecular weight excluding hydrogens is 390 g/mol. The Morgan fingerprint density at radius 1 is 1.17 bits per heavy atom. The van der Waals surface area contributed by atoms with Gasteiger partial charge in [-0.3, -0.25) is 9.59 Å². The average molecular weight is 411 g/mol. The molecular formula is C22H21NO5S. The zero-order chi connectivity index (χ0) is 21.1. The number of carboxylic acids is 1. The van der Waals surface area contributed by atoms with E-state index in [0.29, 0.717) is 23.4 Å². The van der Waals surface area contributed by atoms with Crippen LogP contribution in [-0.4, -0.2) is 28.3 Å². The summed E-state index contributed by atoms with van der Waals surface area (Å²) in [6, 6.07) is 12.3. The quantitative estimate of drug-likeness (QED) is 0.688. The molecule has 29 heavy (non-hydrogen) atoms. The van der Waals surface area contributed by atoms with Crippen LogP contribution < -0.4 is 9.64 Å². The summed E-state index contributed by atoms with van der Waals surface area (Å²) in [6.07, 6.45) is 0.877. The summed E-state index contributed by atoms with van der Waals surface area (Å²) in [6.45, 7) is 5.52. The van der Waals surface area contributed by atoms with Crippen LogP contribution in [0.15, 0.2) is 47.4 Å². The number of imide groups is 1.